The predicted molar refractivity (Wildman–Crippen MR) is 55.2 cm³/mol. The average molecular weight is 205 g/mol. The Bertz CT molecular complexity index is 175. The zero-order chi connectivity index (χ0) is 9.68. The maximum absolute atomic E-state index is 10.8. The molecule has 0 aromatic rings. The summed E-state index contributed by atoms with van der Waals surface area (Å²) in [7, 11) is -0.725. The Kier molecular flexibility index (Phi) is 4.91. The van der Waals surface area contributed by atoms with Crippen molar-refractivity contribution in [1.29, 1.82) is 0 Å². The van der Waals surface area contributed by atoms with Crippen LogP contribution in [0.3, 0.4) is 0 Å². The second-order valence-electron chi connectivity index (χ2n) is 3.69. The molecule has 0 heterocycles. The number of aliphatic hydroxyl groups is 1. The van der Waals surface area contributed by atoms with Crippen LogP contribution in [0.2, 0.25) is 0 Å². The fraction of sp³-hybridized carbons (Fsp3) is 1.00. The van der Waals surface area contributed by atoms with Gasteiger partial charge in [0.15, 0.2) is 0 Å². The van der Waals surface area contributed by atoms with E-state index in [0.717, 1.165) is 25.8 Å². The molecule has 1 fully saturated rings. The van der Waals surface area contributed by atoms with Crippen LogP contribution in [-0.4, -0.2) is 40.0 Å². The van der Waals surface area contributed by atoms with E-state index >= 15 is 0 Å². The minimum atomic E-state index is -0.725. The molecule has 3 atom stereocenters. The van der Waals surface area contributed by atoms with E-state index in [9.17, 15) is 9.32 Å². The largest absolute Gasteiger partial charge is 0.392 e. The van der Waals surface area contributed by atoms with E-state index < -0.39 is 10.8 Å². The molecule has 1 rings (SSSR count). The fourth-order valence-corrected chi connectivity index (χ4v) is 2.14. The van der Waals surface area contributed by atoms with Crippen LogP contribution in [0.1, 0.15) is 25.7 Å². The molecule has 0 bridgehead atoms. The zero-order valence-corrected chi connectivity index (χ0v) is 8.98. The summed E-state index contributed by atoms with van der Waals surface area (Å²) in [5.74, 6) is 0.684. The number of hydrogen-bond acceptors (Lipinski definition) is 3. The predicted octanol–water partition coefficient (Wildman–Crippen LogP) is 0.258. The molecule has 2 N–H and O–H groups in total. The van der Waals surface area contributed by atoms with E-state index in [1.807, 2.05) is 0 Å². The third-order valence-corrected chi connectivity index (χ3v) is 3.30. The molecule has 1 saturated carbocycles. The SMILES string of the molecule is CS(=O)CCN[C@H]1CCCC[C@@H]1O. The number of hydrogen-bond donors (Lipinski definition) is 2. The Labute approximate surface area is 82.4 Å². The van der Waals surface area contributed by atoms with Gasteiger partial charge in [-0.05, 0) is 12.8 Å². The van der Waals surface area contributed by atoms with Gasteiger partial charge in [-0.2, -0.15) is 0 Å². The van der Waals surface area contributed by atoms with Gasteiger partial charge in [0, 0.05) is 35.4 Å². The van der Waals surface area contributed by atoms with Crippen molar-refractivity contribution in [1.82, 2.24) is 5.32 Å². The van der Waals surface area contributed by atoms with Gasteiger partial charge in [-0.15, -0.1) is 0 Å². The van der Waals surface area contributed by atoms with Crippen molar-refractivity contribution < 1.29 is 9.32 Å². The third kappa shape index (κ3) is 4.20. The van der Waals surface area contributed by atoms with Crippen LogP contribution >= 0.6 is 0 Å². The second-order valence-corrected chi connectivity index (χ2v) is 5.24. The Morgan fingerprint density at radius 2 is 2.15 bits per heavy atom. The summed E-state index contributed by atoms with van der Waals surface area (Å²) in [4.78, 5) is 0. The minimum Gasteiger partial charge on any atom is -0.392 e. The van der Waals surface area contributed by atoms with Gasteiger partial charge >= 0.3 is 0 Å². The lowest BCUT2D eigenvalue weighted by molar-refractivity contribution is 0.0921. The highest BCUT2D eigenvalue weighted by atomic mass is 32.2. The first-order valence-corrected chi connectivity index (χ1v) is 6.64. The first kappa shape index (κ1) is 11.1. The molecule has 78 valence electrons. The van der Waals surface area contributed by atoms with Crippen LogP contribution in [0, 0.1) is 0 Å². The van der Waals surface area contributed by atoms with Crippen LogP contribution in [0.5, 0.6) is 0 Å². The van der Waals surface area contributed by atoms with Gasteiger partial charge in [-0.1, -0.05) is 12.8 Å². The quantitative estimate of drug-likeness (QED) is 0.692. The lowest BCUT2D eigenvalue weighted by Gasteiger charge is -2.28. The van der Waals surface area contributed by atoms with Crippen LogP contribution in [-0.2, 0) is 10.8 Å². The Hall–Kier alpha value is 0.0700. The number of aliphatic hydroxyl groups excluding tert-OH is 1. The van der Waals surface area contributed by atoms with Gasteiger partial charge in [-0.25, -0.2) is 0 Å². The lowest BCUT2D eigenvalue weighted by atomic mass is 9.93. The van der Waals surface area contributed by atoms with Crippen LogP contribution in [0.25, 0.3) is 0 Å². The van der Waals surface area contributed by atoms with Crippen LogP contribution in [0.15, 0.2) is 0 Å². The molecule has 13 heavy (non-hydrogen) atoms. The zero-order valence-electron chi connectivity index (χ0n) is 8.16. The van der Waals surface area contributed by atoms with Gasteiger partial charge in [0.05, 0.1) is 6.10 Å². The third-order valence-electron chi connectivity index (χ3n) is 2.53. The maximum Gasteiger partial charge on any atom is 0.0693 e. The summed E-state index contributed by atoms with van der Waals surface area (Å²) < 4.78 is 10.8. The van der Waals surface area contributed by atoms with Crippen molar-refractivity contribution in [2.45, 2.75) is 37.8 Å². The highest BCUT2D eigenvalue weighted by molar-refractivity contribution is 7.84. The summed E-state index contributed by atoms with van der Waals surface area (Å²) in [6.45, 7) is 0.755. The van der Waals surface area contributed by atoms with Gasteiger partial charge in [0.25, 0.3) is 0 Å². The minimum absolute atomic E-state index is 0.195. The highest BCUT2D eigenvalue weighted by Gasteiger charge is 2.21. The van der Waals surface area contributed by atoms with Crippen molar-refractivity contribution in [2.24, 2.45) is 0 Å². The van der Waals surface area contributed by atoms with Crippen LogP contribution < -0.4 is 5.32 Å². The lowest BCUT2D eigenvalue weighted by Crippen LogP contribution is -2.43. The van der Waals surface area contributed by atoms with E-state index in [-0.39, 0.29) is 12.1 Å². The number of nitrogens with one attached hydrogen (secondary N) is 1. The Morgan fingerprint density at radius 1 is 1.46 bits per heavy atom. The van der Waals surface area contributed by atoms with E-state index in [4.69, 9.17) is 0 Å². The molecule has 0 radical (unpaired) electrons. The molecule has 0 aliphatic heterocycles. The normalized spacial score (nSPS) is 31.5. The smallest absolute Gasteiger partial charge is 0.0693 e. The average Bonchev–Trinajstić information content (AvgIpc) is 2.08. The Balaban J connectivity index is 2.15. The van der Waals surface area contributed by atoms with Gasteiger partial charge in [0.2, 0.25) is 0 Å². The van der Waals surface area contributed by atoms with Crippen molar-refractivity contribution in [3.63, 3.8) is 0 Å². The first-order valence-electron chi connectivity index (χ1n) is 4.91. The standard InChI is InChI=1S/C9H19NO2S/c1-13(12)7-6-10-8-4-2-3-5-9(8)11/h8-11H,2-7H2,1H3/t8-,9-,13?/m0/s1. The van der Waals surface area contributed by atoms with E-state index in [1.165, 1.54) is 6.42 Å². The molecular weight excluding hydrogens is 186 g/mol. The molecule has 1 aliphatic carbocycles. The Morgan fingerprint density at radius 3 is 2.77 bits per heavy atom. The molecule has 1 unspecified atom stereocenters. The topological polar surface area (TPSA) is 49.3 Å². The van der Waals surface area contributed by atoms with Crippen molar-refractivity contribution in [2.75, 3.05) is 18.6 Å². The van der Waals surface area contributed by atoms with Crippen molar-refractivity contribution in [3.05, 3.63) is 0 Å². The summed E-state index contributed by atoms with van der Waals surface area (Å²) in [5.41, 5.74) is 0. The van der Waals surface area contributed by atoms with Crippen molar-refractivity contribution in [3.8, 4) is 0 Å². The first-order chi connectivity index (χ1) is 6.20. The van der Waals surface area contributed by atoms with Gasteiger partial charge in [-0.3, -0.25) is 4.21 Å². The van der Waals surface area contributed by atoms with E-state index in [1.54, 1.807) is 6.26 Å². The molecule has 0 amide bonds. The maximum atomic E-state index is 10.8. The molecule has 0 spiro atoms. The highest BCUT2D eigenvalue weighted by Crippen LogP contribution is 2.17. The van der Waals surface area contributed by atoms with Gasteiger partial charge in [0.1, 0.15) is 0 Å². The van der Waals surface area contributed by atoms with Crippen LogP contribution in [0.4, 0.5) is 0 Å². The summed E-state index contributed by atoms with van der Waals surface area (Å²) in [6, 6.07) is 0.234. The monoisotopic (exact) mass is 205 g/mol. The van der Waals surface area contributed by atoms with E-state index in [2.05, 4.69) is 5.32 Å². The van der Waals surface area contributed by atoms with Gasteiger partial charge < -0.3 is 10.4 Å². The fourth-order valence-electron chi connectivity index (χ4n) is 1.74. The second kappa shape index (κ2) is 5.73. The summed E-state index contributed by atoms with van der Waals surface area (Å²) in [6.07, 6.45) is 5.81. The molecule has 0 saturated heterocycles. The number of rotatable bonds is 4. The molecule has 4 heteroatoms. The van der Waals surface area contributed by atoms with E-state index in [0.29, 0.717) is 5.75 Å². The molecular formula is C9H19NO2S. The van der Waals surface area contributed by atoms with Crippen molar-refractivity contribution >= 4 is 10.8 Å². The summed E-state index contributed by atoms with van der Waals surface area (Å²) in [5, 5.41) is 12.9. The molecule has 1 aliphatic rings. The molecule has 0 aromatic carbocycles. The molecule has 0 aromatic heterocycles. The summed E-state index contributed by atoms with van der Waals surface area (Å²) >= 11 is 0. The molecule has 3 nitrogen and oxygen atoms in total.